The largest absolute Gasteiger partial charge is 0.382 e. The molecule has 1 heterocycles. The molecule has 1 aliphatic heterocycles. The molecule has 4 heteroatoms. The first kappa shape index (κ1) is 13.3. The molecule has 0 bridgehead atoms. The highest BCUT2D eigenvalue weighted by Gasteiger charge is 2.37. The lowest BCUT2D eigenvalue weighted by Gasteiger charge is -2.41. The van der Waals surface area contributed by atoms with Gasteiger partial charge in [-0.2, -0.15) is 0 Å². The van der Waals surface area contributed by atoms with Crippen molar-refractivity contribution in [1.29, 1.82) is 0 Å². The van der Waals surface area contributed by atoms with Gasteiger partial charge in [0.15, 0.2) is 0 Å². The van der Waals surface area contributed by atoms with Crippen molar-refractivity contribution in [3.05, 3.63) is 0 Å². The maximum Gasteiger partial charge on any atom is 0.0700 e. The number of methoxy groups -OCH3 is 1. The van der Waals surface area contributed by atoms with Crippen molar-refractivity contribution >= 4 is 0 Å². The molecule has 2 aliphatic rings. The van der Waals surface area contributed by atoms with E-state index in [4.69, 9.17) is 9.47 Å². The van der Waals surface area contributed by atoms with E-state index in [1.807, 2.05) is 0 Å². The molecule has 1 saturated carbocycles. The second kappa shape index (κ2) is 6.69. The van der Waals surface area contributed by atoms with E-state index in [9.17, 15) is 0 Å². The van der Waals surface area contributed by atoms with E-state index in [-0.39, 0.29) is 0 Å². The summed E-state index contributed by atoms with van der Waals surface area (Å²) in [6.07, 6.45) is 5.50. The van der Waals surface area contributed by atoms with Crippen LogP contribution in [0.2, 0.25) is 0 Å². The number of ether oxygens (including phenoxy) is 2. The zero-order valence-electron chi connectivity index (χ0n) is 11.0. The highest BCUT2D eigenvalue weighted by Crippen LogP contribution is 2.31. The van der Waals surface area contributed by atoms with Gasteiger partial charge in [-0.05, 0) is 12.8 Å². The molecule has 2 fully saturated rings. The third-order valence-electron chi connectivity index (χ3n) is 4.00. The number of piperazine rings is 1. The van der Waals surface area contributed by atoms with Crippen LogP contribution in [0.1, 0.15) is 25.7 Å². The van der Waals surface area contributed by atoms with Crippen molar-refractivity contribution in [1.82, 2.24) is 10.2 Å². The normalized spacial score (nSPS) is 24.5. The predicted octanol–water partition coefficient (Wildman–Crippen LogP) is 0.867. The zero-order chi connectivity index (χ0) is 12.0. The van der Waals surface area contributed by atoms with Crippen molar-refractivity contribution < 1.29 is 9.47 Å². The smallest absolute Gasteiger partial charge is 0.0700 e. The molecule has 0 amide bonds. The van der Waals surface area contributed by atoms with Gasteiger partial charge in [0, 0.05) is 38.8 Å². The molecular formula is C13H26N2O2. The highest BCUT2D eigenvalue weighted by atomic mass is 16.5. The summed E-state index contributed by atoms with van der Waals surface area (Å²) in [5.74, 6) is 0. The summed E-state index contributed by atoms with van der Waals surface area (Å²) >= 11 is 0. The molecule has 1 saturated heterocycles. The Balaban J connectivity index is 1.63. The van der Waals surface area contributed by atoms with Crippen LogP contribution in [0.4, 0.5) is 0 Å². The quantitative estimate of drug-likeness (QED) is 0.701. The number of hydrogen-bond donors (Lipinski definition) is 1. The van der Waals surface area contributed by atoms with Crippen LogP contribution in [0.3, 0.4) is 0 Å². The lowest BCUT2D eigenvalue weighted by Crippen LogP contribution is -2.59. The number of nitrogens with one attached hydrogen (secondary N) is 1. The van der Waals surface area contributed by atoms with E-state index in [1.54, 1.807) is 7.11 Å². The van der Waals surface area contributed by atoms with Crippen LogP contribution < -0.4 is 5.32 Å². The fourth-order valence-electron chi connectivity index (χ4n) is 3.06. The minimum absolute atomic E-state index is 0.435. The zero-order valence-corrected chi connectivity index (χ0v) is 11.0. The Bertz CT molecular complexity index is 217. The molecule has 1 spiro atoms. The van der Waals surface area contributed by atoms with Crippen molar-refractivity contribution in [2.75, 3.05) is 53.1 Å². The number of rotatable bonds is 6. The Morgan fingerprint density at radius 3 is 2.76 bits per heavy atom. The standard InChI is InChI=1S/C13H26N2O2/c1-16-10-11-17-9-8-15-7-6-14-13(12-15)4-2-3-5-13/h14H,2-12H2,1H3. The van der Waals surface area contributed by atoms with Crippen LogP contribution in [0.25, 0.3) is 0 Å². The molecule has 17 heavy (non-hydrogen) atoms. The molecule has 0 unspecified atom stereocenters. The molecule has 2 rings (SSSR count). The summed E-state index contributed by atoms with van der Waals surface area (Å²) in [6, 6.07) is 0. The summed E-state index contributed by atoms with van der Waals surface area (Å²) in [6.45, 7) is 6.82. The van der Waals surface area contributed by atoms with Gasteiger partial charge >= 0.3 is 0 Å². The number of nitrogens with zero attached hydrogens (tertiary/aromatic N) is 1. The minimum Gasteiger partial charge on any atom is -0.382 e. The predicted molar refractivity (Wildman–Crippen MR) is 68.3 cm³/mol. The van der Waals surface area contributed by atoms with Crippen LogP contribution in [0.5, 0.6) is 0 Å². The summed E-state index contributed by atoms with van der Waals surface area (Å²) < 4.78 is 10.5. The average Bonchev–Trinajstić information content (AvgIpc) is 2.77. The summed E-state index contributed by atoms with van der Waals surface area (Å²) in [7, 11) is 1.71. The SMILES string of the molecule is COCCOCCN1CCNC2(CCCC2)C1. The van der Waals surface area contributed by atoms with Crippen LogP contribution in [0.15, 0.2) is 0 Å². The van der Waals surface area contributed by atoms with Crippen LogP contribution in [-0.4, -0.2) is 63.5 Å². The minimum atomic E-state index is 0.435. The fraction of sp³-hybridized carbons (Fsp3) is 1.00. The van der Waals surface area contributed by atoms with E-state index in [0.717, 1.165) is 26.2 Å². The Hall–Kier alpha value is -0.160. The third kappa shape index (κ3) is 3.91. The van der Waals surface area contributed by atoms with Crippen molar-refractivity contribution in [3.8, 4) is 0 Å². The maximum atomic E-state index is 5.54. The summed E-state index contributed by atoms with van der Waals surface area (Å²) in [4.78, 5) is 2.55. The summed E-state index contributed by atoms with van der Waals surface area (Å²) in [5, 5.41) is 3.73. The molecule has 1 N–H and O–H groups in total. The maximum absolute atomic E-state index is 5.54. The molecule has 100 valence electrons. The summed E-state index contributed by atoms with van der Waals surface area (Å²) in [5.41, 5.74) is 0.435. The van der Waals surface area contributed by atoms with Gasteiger partial charge < -0.3 is 14.8 Å². The fourth-order valence-corrected chi connectivity index (χ4v) is 3.06. The van der Waals surface area contributed by atoms with Crippen molar-refractivity contribution in [2.24, 2.45) is 0 Å². The Morgan fingerprint density at radius 2 is 2.00 bits per heavy atom. The average molecular weight is 242 g/mol. The van der Waals surface area contributed by atoms with Crippen molar-refractivity contribution in [3.63, 3.8) is 0 Å². The van der Waals surface area contributed by atoms with Gasteiger partial charge in [-0.15, -0.1) is 0 Å². The monoisotopic (exact) mass is 242 g/mol. The highest BCUT2D eigenvalue weighted by molar-refractivity contribution is 4.97. The Kier molecular flexibility index (Phi) is 5.22. The Morgan fingerprint density at radius 1 is 1.18 bits per heavy atom. The van der Waals surface area contributed by atoms with Crippen LogP contribution in [-0.2, 0) is 9.47 Å². The van der Waals surface area contributed by atoms with Gasteiger partial charge in [0.25, 0.3) is 0 Å². The first-order valence-electron chi connectivity index (χ1n) is 6.89. The first-order chi connectivity index (χ1) is 8.35. The van der Waals surface area contributed by atoms with Gasteiger partial charge in [0.2, 0.25) is 0 Å². The molecule has 4 nitrogen and oxygen atoms in total. The van der Waals surface area contributed by atoms with E-state index >= 15 is 0 Å². The number of hydrogen-bond acceptors (Lipinski definition) is 4. The van der Waals surface area contributed by atoms with E-state index < -0.39 is 0 Å². The molecule has 0 aromatic rings. The second-order valence-corrected chi connectivity index (χ2v) is 5.30. The molecule has 1 aliphatic carbocycles. The second-order valence-electron chi connectivity index (χ2n) is 5.30. The Labute approximate surface area is 105 Å². The van der Waals surface area contributed by atoms with Gasteiger partial charge in [-0.25, -0.2) is 0 Å². The van der Waals surface area contributed by atoms with E-state index in [1.165, 1.54) is 32.2 Å². The topological polar surface area (TPSA) is 33.7 Å². The van der Waals surface area contributed by atoms with Gasteiger partial charge in [0.05, 0.1) is 19.8 Å². The van der Waals surface area contributed by atoms with Crippen molar-refractivity contribution in [2.45, 2.75) is 31.2 Å². The molecular weight excluding hydrogens is 216 g/mol. The van der Waals surface area contributed by atoms with Crippen LogP contribution in [0, 0.1) is 0 Å². The van der Waals surface area contributed by atoms with Gasteiger partial charge in [0.1, 0.15) is 0 Å². The van der Waals surface area contributed by atoms with Gasteiger partial charge in [-0.3, -0.25) is 4.90 Å². The molecule has 0 aromatic carbocycles. The van der Waals surface area contributed by atoms with Crippen LogP contribution >= 0.6 is 0 Å². The molecule has 0 atom stereocenters. The van der Waals surface area contributed by atoms with E-state index in [0.29, 0.717) is 18.8 Å². The third-order valence-corrected chi connectivity index (χ3v) is 4.00. The lowest BCUT2D eigenvalue weighted by atomic mass is 9.94. The lowest BCUT2D eigenvalue weighted by molar-refractivity contribution is 0.0447. The molecule has 0 aromatic heterocycles. The van der Waals surface area contributed by atoms with E-state index in [2.05, 4.69) is 10.2 Å². The molecule has 0 radical (unpaired) electrons. The van der Waals surface area contributed by atoms with Gasteiger partial charge in [-0.1, -0.05) is 12.8 Å². The first-order valence-corrected chi connectivity index (χ1v) is 6.89.